The standard InChI is InChI=1S/C17H21FN4O/c1-22(2)16(13-6-5-7-14(18)10-13)12-21-17(23)20-11-15-8-3-4-9-19-15/h3-10,16H,11-12H2,1-2H3,(H2,20,21,23). The molecule has 2 aromatic rings. The summed E-state index contributed by atoms with van der Waals surface area (Å²) in [6.45, 7) is 0.740. The van der Waals surface area contributed by atoms with E-state index in [0.29, 0.717) is 13.1 Å². The number of likely N-dealkylation sites (N-methyl/N-ethyl adjacent to an activating group) is 1. The van der Waals surface area contributed by atoms with Crippen molar-refractivity contribution in [2.24, 2.45) is 0 Å². The number of halogens is 1. The zero-order chi connectivity index (χ0) is 16.7. The highest BCUT2D eigenvalue weighted by Gasteiger charge is 2.15. The lowest BCUT2D eigenvalue weighted by Gasteiger charge is -2.25. The van der Waals surface area contributed by atoms with E-state index in [1.807, 2.05) is 43.3 Å². The van der Waals surface area contributed by atoms with Crippen LogP contribution in [-0.4, -0.2) is 36.6 Å². The van der Waals surface area contributed by atoms with Gasteiger partial charge in [0.25, 0.3) is 0 Å². The van der Waals surface area contributed by atoms with Gasteiger partial charge in [0, 0.05) is 12.7 Å². The van der Waals surface area contributed by atoms with Crippen LogP contribution in [0, 0.1) is 5.82 Å². The second kappa shape index (κ2) is 8.24. The van der Waals surface area contributed by atoms with Crippen LogP contribution < -0.4 is 10.6 Å². The van der Waals surface area contributed by atoms with Crippen molar-refractivity contribution >= 4 is 6.03 Å². The average molecular weight is 316 g/mol. The van der Waals surface area contributed by atoms with E-state index in [4.69, 9.17) is 0 Å². The molecule has 1 atom stereocenters. The van der Waals surface area contributed by atoms with Gasteiger partial charge in [-0.3, -0.25) is 4.98 Å². The van der Waals surface area contributed by atoms with Crippen LogP contribution in [0.5, 0.6) is 0 Å². The molecule has 0 aliphatic heterocycles. The Hall–Kier alpha value is -2.47. The Morgan fingerprint density at radius 1 is 1.22 bits per heavy atom. The molecule has 0 saturated heterocycles. The molecule has 0 radical (unpaired) electrons. The Morgan fingerprint density at radius 3 is 2.70 bits per heavy atom. The van der Waals surface area contributed by atoms with Crippen molar-refractivity contribution in [3.05, 3.63) is 65.7 Å². The molecule has 0 fully saturated rings. The number of nitrogens with one attached hydrogen (secondary N) is 2. The fraction of sp³-hybridized carbons (Fsp3) is 0.294. The predicted octanol–water partition coefficient (Wildman–Crippen LogP) is 2.32. The first-order valence-electron chi connectivity index (χ1n) is 7.40. The third-order valence-corrected chi connectivity index (χ3v) is 3.47. The van der Waals surface area contributed by atoms with Gasteiger partial charge in [-0.05, 0) is 43.9 Å². The molecule has 2 amide bonds. The lowest BCUT2D eigenvalue weighted by atomic mass is 10.1. The van der Waals surface area contributed by atoms with E-state index in [9.17, 15) is 9.18 Å². The summed E-state index contributed by atoms with van der Waals surface area (Å²) < 4.78 is 13.4. The first-order valence-corrected chi connectivity index (χ1v) is 7.40. The third kappa shape index (κ3) is 5.34. The highest BCUT2D eigenvalue weighted by atomic mass is 19.1. The van der Waals surface area contributed by atoms with Crippen LogP contribution in [-0.2, 0) is 6.54 Å². The molecule has 0 bridgehead atoms. The van der Waals surface area contributed by atoms with Crippen LogP contribution >= 0.6 is 0 Å². The van der Waals surface area contributed by atoms with Crippen molar-refractivity contribution in [3.63, 3.8) is 0 Å². The minimum absolute atomic E-state index is 0.105. The number of hydrogen-bond donors (Lipinski definition) is 2. The van der Waals surface area contributed by atoms with Crippen molar-refractivity contribution < 1.29 is 9.18 Å². The zero-order valence-electron chi connectivity index (χ0n) is 13.3. The van der Waals surface area contributed by atoms with E-state index >= 15 is 0 Å². The number of aromatic nitrogens is 1. The number of urea groups is 1. The number of rotatable bonds is 6. The number of amides is 2. The van der Waals surface area contributed by atoms with Gasteiger partial charge in [0.1, 0.15) is 5.82 Å². The van der Waals surface area contributed by atoms with E-state index in [-0.39, 0.29) is 17.9 Å². The SMILES string of the molecule is CN(C)C(CNC(=O)NCc1ccccn1)c1cccc(F)c1. The second-order valence-corrected chi connectivity index (χ2v) is 5.42. The molecule has 1 unspecified atom stereocenters. The van der Waals surface area contributed by atoms with Crippen LogP contribution in [0.4, 0.5) is 9.18 Å². The van der Waals surface area contributed by atoms with E-state index < -0.39 is 0 Å². The summed E-state index contributed by atoms with van der Waals surface area (Å²) in [5.41, 5.74) is 1.61. The Bertz CT molecular complexity index is 634. The molecule has 0 spiro atoms. The quantitative estimate of drug-likeness (QED) is 0.860. The molecule has 1 aromatic carbocycles. The third-order valence-electron chi connectivity index (χ3n) is 3.47. The molecule has 2 N–H and O–H groups in total. The molecule has 122 valence electrons. The van der Waals surface area contributed by atoms with Gasteiger partial charge in [0.2, 0.25) is 0 Å². The molecule has 23 heavy (non-hydrogen) atoms. The summed E-state index contributed by atoms with van der Waals surface area (Å²) in [5.74, 6) is -0.283. The van der Waals surface area contributed by atoms with Crippen molar-refractivity contribution in [2.75, 3.05) is 20.6 Å². The maximum atomic E-state index is 13.4. The van der Waals surface area contributed by atoms with Crippen LogP contribution in [0.3, 0.4) is 0 Å². The number of pyridine rings is 1. The van der Waals surface area contributed by atoms with Crippen LogP contribution in [0.1, 0.15) is 17.3 Å². The predicted molar refractivity (Wildman–Crippen MR) is 87.3 cm³/mol. The lowest BCUT2D eigenvalue weighted by Crippen LogP contribution is -2.40. The number of carbonyl (C=O) groups excluding carboxylic acids is 1. The molecule has 1 aromatic heterocycles. The number of carbonyl (C=O) groups is 1. The maximum absolute atomic E-state index is 13.4. The minimum atomic E-state index is -0.283. The highest BCUT2D eigenvalue weighted by molar-refractivity contribution is 5.73. The summed E-state index contributed by atoms with van der Waals surface area (Å²) in [7, 11) is 3.78. The Morgan fingerprint density at radius 2 is 2.04 bits per heavy atom. The van der Waals surface area contributed by atoms with Crippen LogP contribution in [0.2, 0.25) is 0 Å². The second-order valence-electron chi connectivity index (χ2n) is 5.42. The first-order chi connectivity index (χ1) is 11.1. The molecule has 1 heterocycles. The van der Waals surface area contributed by atoms with Crippen molar-refractivity contribution in [2.45, 2.75) is 12.6 Å². The molecule has 0 saturated carbocycles. The summed E-state index contributed by atoms with van der Waals surface area (Å²) in [6, 6.07) is 11.6. The van der Waals surface area contributed by atoms with Crippen molar-refractivity contribution in [3.8, 4) is 0 Å². The van der Waals surface area contributed by atoms with E-state index in [1.165, 1.54) is 12.1 Å². The lowest BCUT2D eigenvalue weighted by molar-refractivity contribution is 0.232. The van der Waals surface area contributed by atoms with E-state index in [0.717, 1.165) is 11.3 Å². The first kappa shape index (κ1) is 16.9. The van der Waals surface area contributed by atoms with E-state index in [2.05, 4.69) is 15.6 Å². The minimum Gasteiger partial charge on any atom is -0.336 e. The Kier molecular flexibility index (Phi) is 6.05. The molecular weight excluding hydrogens is 295 g/mol. The Balaban J connectivity index is 1.87. The van der Waals surface area contributed by atoms with Gasteiger partial charge in [-0.15, -0.1) is 0 Å². The fourth-order valence-electron chi connectivity index (χ4n) is 2.24. The molecule has 0 aliphatic rings. The summed E-state index contributed by atoms with van der Waals surface area (Å²) >= 11 is 0. The van der Waals surface area contributed by atoms with Crippen LogP contribution in [0.15, 0.2) is 48.7 Å². The van der Waals surface area contributed by atoms with Crippen molar-refractivity contribution in [1.29, 1.82) is 0 Å². The van der Waals surface area contributed by atoms with Gasteiger partial charge < -0.3 is 15.5 Å². The largest absolute Gasteiger partial charge is 0.336 e. The van der Waals surface area contributed by atoms with Crippen LogP contribution in [0.25, 0.3) is 0 Å². The van der Waals surface area contributed by atoms with Gasteiger partial charge in [-0.25, -0.2) is 9.18 Å². The molecular formula is C17H21FN4O. The smallest absolute Gasteiger partial charge is 0.315 e. The topological polar surface area (TPSA) is 57.3 Å². The van der Waals surface area contributed by atoms with Gasteiger partial charge in [-0.1, -0.05) is 18.2 Å². The number of hydrogen-bond acceptors (Lipinski definition) is 3. The monoisotopic (exact) mass is 316 g/mol. The fourth-order valence-corrected chi connectivity index (χ4v) is 2.24. The summed E-state index contributed by atoms with van der Waals surface area (Å²) in [4.78, 5) is 18.0. The Labute approximate surface area is 135 Å². The summed E-state index contributed by atoms with van der Waals surface area (Å²) in [6.07, 6.45) is 1.68. The summed E-state index contributed by atoms with van der Waals surface area (Å²) in [5, 5.41) is 5.56. The average Bonchev–Trinajstić information content (AvgIpc) is 2.54. The highest BCUT2D eigenvalue weighted by Crippen LogP contribution is 2.18. The van der Waals surface area contributed by atoms with Gasteiger partial charge in [0.15, 0.2) is 0 Å². The van der Waals surface area contributed by atoms with Crippen molar-refractivity contribution in [1.82, 2.24) is 20.5 Å². The normalized spacial score (nSPS) is 12.0. The van der Waals surface area contributed by atoms with Gasteiger partial charge in [0.05, 0.1) is 18.3 Å². The molecule has 0 aliphatic carbocycles. The number of benzene rings is 1. The molecule has 2 rings (SSSR count). The van der Waals surface area contributed by atoms with Gasteiger partial charge in [-0.2, -0.15) is 0 Å². The maximum Gasteiger partial charge on any atom is 0.315 e. The van der Waals surface area contributed by atoms with E-state index in [1.54, 1.807) is 12.3 Å². The zero-order valence-corrected chi connectivity index (χ0v) is 13.3. The van der Waals surface area contributed by atoms with Gasteiger partial charge >= 0.3 is 6.03 Å². The number of nitrogens with zero attached hydrogens (tertiary/aromatic N) is 2. The molecule has 5 nitrogen and oxygen atoms in total. The molecule has 6 heteroatoms.